The molecule has 0 bridgehead atoms. The summed E-state index contributed by atoms with van der Waals surface area (Å²) in [6, 6.07) is 0. The number of hydrogen-bond acceptors (Lipinski definition) is 4. The first-order valence-electron chi connectivity index (χ1n) is 9.79. The van der Waals surface area contributed by atoms with E-state index in [0.29, 0.717) is 21.7 Å². The van der Waals surface area contributed by atoms with Crippen LogP contribution in [0.15, 0.2) is 15.2 Å². The van der Waals surface area contributed by atoms with Gasteiger partial charge in [-0.1, -0.05) is 81.3 Å². The Morgan fingerprint density at radius 3 is 2.31 bits per heavy atom. The zero-order valence-corrected chi connectivity index (χ0v) is 20.0. The fourth-order valence-corrected chi connectivity index (χ4v) is 6.53. The van der Waals surface area contributed by atoms with Gasteiger partial charge in [-0.15, -0.1) is 0 Å². The van der Waals surface area contributed by atoms with Gasteiger partial charge < -0.3 is 9.42 Å². The zero-order valence-electron chi connectivity index (χ0n) is 16.7. The van der Waals surface area contributed by atoms with E-state index in [1.165, 1.54) is 32.1 Å². The topological polar surface area (TPSA) is 41.8 Å². The van der Waals surface area contributed by atoms with Crippen LogP contribution in [0.25, 0.3) is 0 Å². The molecule has 1 heterocycles. The van der Waals surface area contributed by atoms with Crippen LogP contribution >= 0.6 is 29.9 Å². The van der Waals surface area contributed by atoms with E-state index in [1.807, 2.05) is 0 Å². The molecule has 2 unspecified atom stereocenters. The summed E-state index contributed by atoms with van der Waals surface area (Å²) in [6.45, 7) is 4.64. The summed E-state index contributed by atoms with van der Waals surface area (Å²) in [4.78, 5) is 10.8. The number of unbranched alkanes of at least 4 members (excludes halogenated alkanes) is 6. The van der Waals surface area contributed by atoms with Crippen molar-refractivity contribution in [3.05, 3.63) is 10.1 Å². The number of rotatable bonds is 14. The molecule has 0 fully saturated rings. The molecular formula is C18H35ClN2O2PS2+. The molecule has 1 rings (SSSR count). The molecule has 1 aliphatic heterocycles. The van der Waals surface area contributed by atoms with Gasteiger partial charge in [0.15, 0.2) is 0 Å². The molecular weight excluding hydrogens is 407 g/mol. The van der Waals surface area contributed by atoms with E-state index >= 15 is 0 Å². The van der Waals surface area contributed by atoms with Crippen LogP contribution in [-0.2, 0) is 16.3 Å². The molecule has 0 saturated carbocycles. The minimum absolute atomic E-state index is 0.383. The van der Waals surface area contributed by atoms with Crippen molar-refractivity contribution in [1.82, 2.24) is 0 Å². The van der Waals surface area contributed by atoms with Crippen molar-refractivity contribution in [3.8, 4) is 0 Å². The maximum atomic E-state index is 10.8. The Bertz CT molecular complexity index is 557. The number of hydrogen-bond donors (Lipinski definition) is 1. The van der Waals surface area contributed by atoms with Gasteiger partial charge in [0.05, 0.1) is 13.7 Å². The standard InChI is InChI=1S/C18H34ClN2O2PS2/c1-5-8-10-12-14-21(4)18(26-7-3)16(19)17(20-21)24(22,25)23-15-13-11-9-6-2/h5-15H2,1-4H3/p+1. The van der Waals surface area contributed by atoms with Crippen molar-refractivity contribution in [2.75, 3.05) is 26.0 Å². The van der Waals surface area contributed by atoms with Crippen molar-refractivity contribution < 1.29 is 14.0 Å². The van der Waals surface area contributed by atoms with Gasteiger partial charge in [0.1, 0.15) is 11.6 Å². The monoisotopic (exact) mass is 441 g/mol. The molecule has 0 saturated heterocycles. The Balaban J connectivity index is 2.87. The van der Waals surface area contributed by atoms with Crippen molar-refractivity contribution >= 4 is 47.1 Å². The van der Waals surface area contributed by atoms with Crippen LogP contribution in [0.2, 0.25) is 0 Å². The van der Waals surface area contributed by atoms with Crippen LogP contribution in [0.5, 0.6) is 0 Å². The Kier molecular flexibility index (Phi) is 11.6. The number of thioether (sulfide) groups is 1. The lowest BCUT2D eigenvalue weighted by Crippen LogP contribution is -2.35. The SMILES string of the molecule is CCCCCCOP(O)(=S)C1=N[N+](C)(CCCCCC)C(SCC)=C1Cl. The highest BCUT2D eigenvalue weighted by atomic mass is 35.5. The molecule has 8 heteroatoms. The highest BCUT2D eigenvalue weighted by Gasteiger charge is 2.44. The third-order valence-electron chi connectivity index (χ3n) is 4.40. The lowest BCUT2D eigenvalue weighted by molar-refractivity contribution is -0.869. The fourth-order valence-electron chi connectivity index (χ4n) is 2.90. The second kappa shape index (κ2) is 12.2. The molecule has 0 radical (unpaired) electrons. The van der Waals surface area contributed by atoms with Crippen molar-refractivity contribution in [1.29, 1.82) is 0 Å². The van der Waals surface area contributed by atoms with Gasteiger partial charge in [-0.2, -0.15) is 4.59 Å². The van der Waals surface area contributed by atoms with E-state index in [9.17, 15) is 4.89 Å². The van der Waals surface area contributed by atoms with E-state index in [0.717, 1.165) is 36.6 Å². The summed E-state index contributed by atoms with van der Waals surface area (Å²) in [5.74, 6) is 0.906. The average Bonchev–Trinajstić information content (AvgIpc) is 2.85. The summed E-state index contributed by atoms with van der Waals surface area (Å²) in [7, 11) is 2.05. The van der Waals surface area contributed by atoms with Crippen LogP contribution in [0.1, 0.15) is 72.1 Å². The molecule has 1 N–H and O–H groups in total. The molecule has 0 aliphatic carbocycles. The number of allylic oxidation sites excluding steroid dienone is 1. The normalized spacial score (nSPS) is 22.6. The second-order valence-corrected chi connectivity index (χ2v) is 11.7. The van der Waals surface area contributed by atoms with Crippen molar-refractivity contribution in [2.45, 2.75) is 72.1 Å². The Morgan fingerprint density at radius 1 is 1.12 bits per heavy atom. The molecule has 152 valence electrons. The third kappa shape index (κ3) is 7.20. The van der Waals surface area contributed by atoms with Gasteiger partial charge in [-0.3, -0.25) is 0 Å². The lowest BCUT2D eigenvalue weighted by atomic mass is 10.2. The molecule has 0 aromatic carbocycles. The average molecular weight is 442 g/mol. The number of quaternary nitrogens is 1. The minimum atomic E-state index is -3.17. The van der Waals surface area contributed by atoms with Gasteiger partial charge in [0.25, 0.3) is 0 Å². The largest absolute Gasteiger partial charge is 0.341 e. The smallest absolute Gasteiger partial charge is 0.242 e. The van der Waals surface area contributed by atoms with E-state index in [4.69, 9.17) is 33.0 Å². The summed E-state index contributed by atoms with van der Waals surface area (Å²) in [5.41, 5.74) is 0.401. The lowest BCUT2D eigenvalue weighted by Gasteiger charge is -2.25. The Hall–Kier alpha value is 0.580. The molecule has 0 amide bonds. The number of halogens is 1. The van der Waals surface area contributed by atoms with Crippen LogP contribution < -0.4 is 0 Å². The Morgan fingerprint density at radius 2 is 1.73 bits per heavy atom. The van der Waals surface area contributed by atoms with Crippen molar-refractivity contribution in [2.24, 2.45) is 5.10 Å². The second-order valence-electron chi connectivity index (χ2n) is 6.81. The van der Waals surface area contributed by atoms with E-state index in [-0.39, 0.29) is 0 Å². The van der Waals surface area contributed by atoms with E-state index in [1.54, 1.807) is 11.8 Å². The van der Waals surface area contributed by atoms with Gasteiger partial charge in [0.2, 0.25) is 17.0 Å². The highest BCUT2D eigenvalue weighted by Crippen LogP contribution is 2.53. The molecule has 0 aromatic heterocycles. The highest BCUT2D eigenvalue weighted by molar-refractivity contribution is 8.18. The first-order valence-corrected chi connectivity index (χ1v) is 13.8. The van der Waals surface area contributed by atoms with Gasteiger partial charge >= 0.3 is 0 Å². The van der Waals surface area contributed by atoms with E-state index in [2.05, 4.69) is 27.8 Å². The zero-order chi connectivity index (χ0) is 19.6. The van der Waals surface area contributed by atoms with Gasteiger partial charge in [-0.25, -0.2) is 0 Å². The van der Waals surface area contributed by atoms with Gasteiger partial charge in [-0.05, 0) is 31.1 Å². The van der Waals surface area contributed by atoms with Crippen molar-refractivity contribution in [3.63, 3.8) is 0 Å². The van der Waals surface area contributed by atoms with Gasteiger partial charge in [0, 0.05) is 5.75 Å². The Labute approximate surface area is 174 Å². The maximum Gasteiger partial charge on any atom is 0.242 e. The summed E-state index contributed by atoms with van der Waals surface area (Å²) >= 11 is 13.7. The summed E-state index contributed by atoms with van der Waals surface area (Å²) in [5, 5.41) is 6.28. The predicted molar refractivity (Wildman–Crippen MR) is 120 cm³/mol. The van der Waals surface area contributed by atoms with E-state index < -0.39 is 6.49 Å². The van der Waals surface area contributed by atoms with Crippen LogP contribution in [-0.4, -0.2) is 40.9 Å². The first-order chi connectivity index (χ1) is 12.3. The molecule has 26 heavy (non-hydrogen) atoms. The molecule has 1 aliphatic rings. The summed E-state index contributed by atoms with van der Waals surface area (Å²) in [6.07, 6.45) is 9.01. The van der Waals surface area contributed by atoms with Crippen LogP contribution in [0.4, 0.5) is 0 Å². The first kappa shape index (κ1) is 24.6. The fraction of sp³-hybridized carbons (Fsp3) is 0.833. The van der Waals surface area contributed by atoms with Crippen LogP contribution in [0.3, 0.4) is 0 Å². The minimum Gasteiger partial charge on any atom is -0.341 e. The molecule has 2 atom stereocenters. The number of nitrogens with zero attached hydrogens (tertiary/aromatic N) is 2. The molecule has 0 aromatic rings. The summed E-state index contributed by atoms with van der Waals surface area (Å²) < 4.78 is 6.09. The van der Waals surface area contributed by atoms with Crippen LogP contribution in [0, 0.1) is 0 Å². The predicted octanol–water partition coefficient (Wildman–Crippen LogP) is 6.40. The maximum absolute atomic E-state index is 10.8. The molecule has 4 nitrogen and oxygen atoms in total. The molecule has 0 spiro atoms. The quantitative estimate of drug-likeness (QED) is 0.192. The third-order valence-corrected chi connectivity index (χ3v) is 8.37.